The van der Waals surface area contributed by atoms with Gasteiger partial charge in [-0.25, -0.2) is 0 Å². The molecule has 4 aliphatic rings. The zero-order chi connectivity index (χ0) is 27.4. The Bertz CT molecular complexity index is 1100. The first-order valence-electron chi connectivity index (χ1n) is 12.5. The van der Waals surface area contributed by atoms with Crippen LogP contribution in [0.1, 0.15) is 74.1 Å². The summed E-state index contributed by atoms with van der Waals surface area (Å²) >= 11 is 0. The highest BCUT2D eigenvalue weighted by atomic mass is 16.5. The Hall–Kier alpha value is -2.10. The van der Waals surface area contributed by atoms with Gasteiger partial charge in [0, 0.05) is 17.8 Å². The first-order chi connectivity index (χ1) is 16.3. The molecule has 0 unspecified atom stereocenters. The molecule has 0 aliphatic heterocycles. The van der Waals surface area contributed by atoms with E-state index >= 15 is 0 Å². The van der Waals surface area contributed by atoms with Crippen LogP contribution in [0.25, 0.3) is 0 Å². The van der Waals surface area contributed by atoms with Crippen molar-refractivity contribution >= 4 is 23.5 Å². The second-order valence-corrected chi connectivity index (χ2v) is 12.5. The van der Waals surface area contributed by atoms with E-state index in [0.29, 0.717) is 24.8 Å². The first-order valence-corrected chi connectivity index (χ1v) is 12.5. The van der Waals surface area contributed by atoms with Gasteiger partial charge >= 0.3 is 11.9 Å². The number of hydrogen-bond donors (Lipinski definition) is 3. The van der Waals surface area contributed by atoms with Crippen LogP contribution in [0.15, 0.2) is 11.1 Å². The van der Waals surface area contributed by atoms with Gasteiger partial charge in [0.25, 0.3) is 0 Å². The van der Waals surface area contributed by atoms with Crippen LogP contribution in [0.4, 0.5) is 0 Å². The van der Waals surface area contributed by atoms with E-state index in [1.54, 1.807) is 6.92 Å². The average molecular weight is 507 g/mol. The summed E-state index contributed by atoms with van der Waals surface area (Å²) in [6.07, 6.45) is -0.399. The van der Waals surface area contributed by atoms with Gasteiger partial charge in [0.15, 0.2) is 22.6 Å². The fraction of sp³-hybridized carbons (Fsp3) is 0.778. The molecule has 3 fully saturated rings. The minimum Gasteiger partial charge on any atom is -0.468 e. The fourth-order valence-corrected chi connectivity index (χ4v) is 8.57. The van der Waals surface area contributed by atoms with Crippen LogP contribution in [0.2, 0.25) is 0 Å². The van der Waals surface area contributed by atoms with Crippen molar-refractivity contribution in [1.29, 1.82) is 0 Å². The van der Waals surface area contributed by atoms with Gasteiger partial charge in [-0.1, -0.05) is 26.3 Å². The van der Waals surface area contributed by atoms with Gasteiger partial charge in [-0.05, 0) is 57.9 Å². The molecular weight excluding hydrogens is 468 g/mol. The average Bonchev–Trinajstić information content (AvgIpc) is 2.90. The van der Waals surface area contributed by atoms with E-state index < -0.39 is 56.5 Å². The van der Waals surface area contributed by atoms with Gasteiger partial charge in [0.05, 0.1) is 12.5 Å². The molecular formula is C27H38O9. The lowest BCUT2D eigenvalue weighted by Crippen LogP contribution is -2.75. The maximum absolute atomic E-state index is 14.1. The number of aliphatic hydroxyl groups is 3. The van der Waals surface area contributed by atoms with E-state index in [2.05, 4.69) is 0 Å². The molecule has 9 nitrogen and oxygen atoms in total. The number of hydrogen-bond acceptors (Lipinski definition) is 9. The van der Waals surface area contributed by atoms with Crippen molar-refractivity contribution < 1.29 is 44.0 Å². The Kier molecular flexibility index (Phi) is 5.60. The number of rotatable bonds is 2. The van der Waals surface area contributed by atoms with Gasteiger partial charge in [0.2, 0.25) is 0 Å². The SMILES string of the molecule is COC(=O)[C@@]12C(=O)[C@](C)(O)C(=O)[C@]1(C)[C@](C)(O)[C@H](O)C1=C3CC[C@H](OC(C)=O)C(C)(C)[C@H]3CC[C@@]12C. The van der Waals surface area contributed by atoms with Crippen molar-refractivity contribution in [2.75, 3.05) is 7.11 Å². The third kappa shape index (κ3) is 2.62. The minimum atomic E-state index is -2.56. The summed E-state index contributed by atoms with van der Waals surface area (Å²) in [7, 11) is 1.11. The van der Waals surface area contributed by atoms with Crippen LogP contribution in [-0.4, -0.2) is 69.3 Å². The Morgan fingerprint density at radius 1 is 0.972 bits per heavy atom. The molecule has 4 aliphatic carbocycles. The zero-order valence-electron chi connectivity index (χ0n) is 22.4. The van der Waals surface area contributed by atoms with Crippen LogP contribution in [0, 0.1) is 27.6 Å². The number of ether oxygens (including phenoxy) is 2. The highest BCUT2D eigenvalue weighted by Gasteiger charge is 2.89. The molecule has 8 atom stereocenters. The topological polar surface area (TPSA) is 147 Å². The number of carbonyl (C=O) groups excluding carboxylic acids is 4. The molecule has 200 valence electrons. The van der Waals surface area contributed by atoms with Crippen molar-refractivity contribution in [2.45, 2.75) is 97.6 Å². The lowest BCUT2D eigenvalue weighted by atomic mass is 9.37. The summed E-state index contributed by atoms with van der Waals surface area (Å²) in [5.41, 5.74) is -10.1. The third-order valence-electron chi connectivity index (χ3n) is 10.6. The molecule has 4 rings (SSSR count). The van der Waals surface area contributed by atoms with E-state index in [9.17, 15) is 34.5 Å². The Morgan fingerprint density at radius 2 is 1.56 bits per heavy atom. The van der Waals surface area contributed by atoms with E-state index in [-0.39, 0.29) is 24.4 Å². The van der Waals surface area contributed by atoms with Gasteiger partial charge in [-0.15, -0.1) is 0 Å². The summed E-state index contributed by atoms with van der Waals surface area (Å²) in [5, 5.41) is 34.8. The van der Waals surface area contributed by atoms with Crippen molar-refractivity contribution in [2.24, 2.45) is 27.6 Å². The fourth-order valence-electron chi connectivity index (χ4n) is 8.57. The monoisotopic (exact) mass is 506 g/mol. The van der Waals surface area contributed by atoms with Crippen LogP contribution < -0.4 is 0 Å². The standard InChI is InChI=1S/C27H38O9/c1-13(28)36-16-10-9-14-15(22(16,2)3)11-12-23(4)17(14)18(29)26(7,34)25(6)19(30)24(5,33)20(31)27(23,25)21(32)35-8/h15-16,18,29,33-34H,9-12H2,1-8H3/t15-,16-,18+,23-,24+,25+,26+,27+/m0/s1. The second kappa shape index (κ2) is 7.48. The Balaban J connectivity index is 2.07. The molecule has 3 saturated carbocycles. The van der Waals surface area contributed by atoms with E-state index in [1.165, 1.54) is 20.8 Å². The van der Waals surface area contributed by atoms with Crippen molar-refractivity contribution in [3.05, 3.63) is 11.1 Å². The van der Waals surface area contributed by atoms with Gasteiger partial charge in [0.1, 0.15) is 17.8 Å². The van der Waals surface area contributed by atoms with E-state index in [1.807, 2.05) is 13.8 Å². The summed E-state index contributed by atoms with van der Waals surface area (Å²) < 4.78 is 10.8. The largest absolute Gasteiger partial charge is 0.468 e. The second-order valence-electron chi connectivity index (χ2n) is 12.5. The van der Waals surface area contributed by atoms with Crippen molar-refractivity contribution in [3.8, 4) is 0 Å². The predicted molar refractivity (Wildman–Crippen MR) is 126 cm³/mol. The van der Waals surface area contributed by atoms with Gasteiger partial charge in [-0.2, -0.15) is 0 Å². The third-order valence-corrected chi connectivity index (χ3v) is 10.6. The van der Waals surface area contributed by atoms with E-state index in [4.69, 9.17) is 9.47 Å². The number of aliphatic hydroxyl groups excluding tert-OH is 1. The molecule has 0 aromatic rings. The number of carbonyl (C=O) groups is 4. The van der Waals surface area contributed by atoms with Crippen LogP contribution >= 0.6 is 0 Å². The number of allylic oxidation sites excluding steroid dienone is 1. The quantitative estimate of drug-likeness (QED) is 0.289. The number of ketones is 2. The maximum Gasteiger partial charge on any atom is 0.321 e. The highest BCUT2D eigenvalue weighted by molar-refractivity contribution is 6.29. The number of Topliss-reactive ketones (excluding diaryl/α,β-unsaturated/α-hetero) is 2. The molecule has 0 aromatic carbocycles. The molecule has 0 bridgehead atoms. The Labute approximate surface area is 211 Å². The summed E-state index contributed by atoms with van der Waals surface area (Å²) in [5.74, 6) is -3.60. The number of fused-ring (bicyclic) bond motifs is 4. The lowest BCUT2D eigenvalue weighted by Gasteiger charge is -2.65. The molecule has 0 radical (unpaired) electrons. The van der Waals surface area contributed by atoms with Gasteiger partial charge < -0.3 is 24.8 Å². The molecule has 0 aromatic heterocycles. The van der Waals surface area contributed by atoms with Crippen molar-refractivity contribution in [1.82, 2.24) is 0 Å². The maximum atomic E-state index is 14.1. The number of esters is 2. The summed E-state index contributed by atoms with van der Waals surface area (Å²) in [4.78, 5) is 53.3. The highest BCUT2D eigenvalue weighted by Crippen LogP contribution is 2.75. The van der Waals surface area contributed by atoms with Crippen LogP contribution in [0.3, 0.4) is 0 Å². The summed E-state index contributed by atoms with van der Waals surface area (Å²) in [6.45, 7) is 10.6. The Morgan fingerprint density at radius 3 is 2.08 bits per heavy atom. The van der Waals surface area contributed by atoms with Gasteiger partial charge in [-0.3, -0.25) is 19.2 Å². The molecule has 36 heavy (non-hydrogen) atoms. The minimum absolute atomic E-state index is 0.170. The molecule has 3 N–H and O–H groups in total. The smallest absolute Gasteiger partial charge is 0.321 e. The van der Waals surface area contributed by atoms with Crippen LogP contribution in [0.5, 0.6) is 0 Å². The molecule has 9 heteroatoms. The van der Waals surface area contributed by atoms with E-state index in [0.717, 1.165) is 19.6 Å². The summed E-state index contributed by atoms with van der Waals surface area (Å²) in [6, 6.07) is 0. The number of methoxy groups -OCH3 is 1. The molecule has 0 spiro atoms. The molecule has 0 heterocycles. The molecule has 0 saturated heterocycles. The van der Waals surface area contributed by atoms with Crippen molar-refractivity contribution in [3.63, 3.8) is 0 Å². The zero-order valence-corrected chi connectivity index (χ0v) is 22.4. The lowest BCUT2D eigenvalue weighted by molar-refractivity contribution is -0.232. The predicted octanol–water partition coefficient (Wildman–Crippen LogP) is 1.64. The molecule has 0 amide bonds. The first kappa shape index (κ1) is 26.9. The normalized spacial score (nSPS) is 47.6. The van der Waals surface area contributed by atoms with Crippen LogP contribution in [-0.2, 0) is 28.7 Å².